The van der Waals surface area contributed by atoms with Gasteiger partial charge in [0.2, 0.25) is 5.88 Å². The number of carbonyl (C=O) groups is 1. The number of benzene rings is 1. The average molecular weight is 387 g/mol. The molecule has 28 heavy (non-hydrogen) atoms. The van der Waals surface area contributed by atoms with Crippen LogP contribution in [0.25, 0.3) is 0 Å². The van der Waals surface area contributed by atoms with Gasteiger partial charge in [-0.05, 0) is 31.7 Å². The molecule has 3 heterocycles. The lowest BCUT2D eigenvalue weighted by Crippen LogP contribution is -2.46. The molecule has 1 saturated heterocycles. The van der Waals surface area contributed by atoms with Crippen LogP contribution in [0.5, 0.6) is 5.88 Å². The minimum absolute atomic E-state index is 0.288. The molecule has 4 rings (SSSR count). The Morgan fingerprint density at radius 2 is 2.04 bits per heavy atom. The Hall–Kier alpha value is -2.61. The van der Waals surface area contributed by atoms with Crippen molar-refractivity contribution in [3.8, 4) is 5.88 Å². The van der Waals surface area contributed by atoms with Crippen molar-refractivity contribution in [3.05, 3.63) is 41.3 Å². The molecule has 1 N–H and O–H groups in total. The molecule has 8 heteroatoms. The summed E-state index contributed by atoms with van der Waals surface area (Å²) in [5.74, 6) is 0.0171. The van der Waals surface area contributed by atoms with E-state index in [9.17, 15) is 9.18 Å². The summed E-state index contributed by atoms with van der Waals surface area (Å²) in [5, 5.41) is 7.23. The molecule has 7 nitrogen and oxygen atoms in total. The summed E-state index contributed by atoms with van der Waals surface area (Å²) in [6, 6.07) is 6.11. The first-order chi connectivity index (χ1) is 13.5. The van der Waals surface area contributed by atoms with Crippen LogP contribution in [0.1, 0.15) is 35.9 Å². The zero-order valence-corrected chi connectivity index (χ0v) is 16.3. The van der Waals surface area contributed by atoms with E-state index in [0.29, 0.717) is 24.7 Å². The molecule has 0 radical (unpaired) electrons. The highest BCUT2D eigenvalue weighted by atomic mass is 19.1. The summed E-state index contributed by atoms with van der Waals surface area (Å²) in [6.45, 7) is 10.0. The quantitative estimate of drug-likeness (QED) is 0.851. The van der Waals surface area contributed by atoms with Crippen molar-refractivity contribution >= 4 is 11.6 Å². The molecule has 1 amide bonds. The number of hydrogen-bond donors (Lipinski definition) is 1. The average Bonchev–Trinajstić information content (AvgIpc) is 3.30. The predicted molar refractivity (Wildman–Crippen MR) is 104 cm³/mol. The van der Waals surface area contributed by atoms with Gasteiger partial charge in [-0.15, -0.1) is 0 Å². The minimum Gasteiger partial charge on any atom is -0.476 e. The second-order valence-electron chi connectivity index (χ2n) is 7.26. The molecular formula is C20H26FN5O2. The van der Waals surface area contributed by atoms with E-state index in [1.54, 1.807) is 10.7 Å². The van der Waals surface area contributed by atoms with E-state index in [0.717, 1.165) is 44.0 Å². The third-order valence-electron chi connectivity index (χ3n) is 5.49. The molecule has 2 aliphatic rings. The summed E-state index contributed by atoms with van der Waals surface area (Å²) in [6.07, 6.45) is 0. The van der Waals surface area contributed by atoms with Crippen LogP contribution in [-0.2, 0) is 6.54 Å². The van der Waals surface area contributed by atoms with Gasteiger partial charge in [-0.2, -0.15) is 5.10 Å². The van der Waals surface area contributed by atoms with Gasteiger partial charge in [0.1, 0.15) is 12.4 Å². The van der Waals surface area contributed by atoms with Crippen LogP contribution in [0.3, 0.4) is 0 Å². The van der Waals surface area contributed by atoms with E-state index in [-0.39, 0.29) is 17.8 Å². The van der Waals surface area contributed by atoms with Crippen molar-refractivity contribution in [2.45, 2.75) is 26.4 Å². The highest BCUT2D eigenvalue weighted by Crippen LogP contribution is 2.29. The maximum Gasteiger partial charge on any atom is 0.272 e. The molecule has 1 atom stereocenters. The summed E-state index contributed by atoms with van der Waals surface area (Å²) in [5.41, 5.74) is 2.07. The van der Waals surface area contributed by atoms with Crippen LogP contribution in [0.2, 0.25) is 0 Å². The third-order valence-corrected chi connectivity index (χ3v) is 5.49. The van der Waals surface area contributed by atoms with Crippen LogP contribution < -0.4 is 15.0 Å². The monoisotopic (exact) mass is 387 g/mol. The molecule has 2 aromatic rings. The fraction of sp³-hybridized carbons (Fsp3) is 0.500. The largest absolute Gasteiger partial charge is 0.476 e. The summed E-state index contributed by atoms with van der Waals surface area (Å²) in [4.78, 5) is 17.3. The minimum atomic E-state index is -0.347. The van der Waals surface area contributed by atoms with E-state index in [2.05, 4.69) is 27.1 Å². The summed E-state index contributed by atoms with van der Waals surface area (Å²) >= 11 is 0. The fourth-order valence-electron chi connectivity index (χ4n) is 3.84. The van der Waals surface area contributed by atoms with Crippen molar-refractivity contribution in [1.82, 2.24) is 20.0 Å². The van der Waals surface area contributed by atoms with Gasteiger partial charge in [-0.25, -0.2) is 9.07 Å². The maximum atomic E-state index is 14.0. The molecule has 1 fully saturated rings. The first-order valence-corrected chi connectivity index (χ1v) is 9.83. The Balaban J connectivity index is 1.50. The lowest BCUT2D eigenvalue weighted by atomic mass is 10.0. The molecule has 0 spiro atoms. The number of ether oxygens (including phenoxy) is 1. The number of halogens is 1. The first kappa shape index (κ1) is 18.7. The molecule has 1 aromatic heterocycles. The van der Waals surface area contributed by atoms with Crippen LogP contribution in [0.15, 0.2) is 24.3 Å². The molecular weight excluding hydrogens is 361 g/mol. The second kappa shape index (κ2) is 7.79. The molecule has 0 saturated carbocycles. The van der Waals surface area contributed by atoms with Gasteiger partial charge >= 0.3 is 0 Å². The standard InChI is InChI=1S/C20H26FN5O2/c1-3-24-6-8-25(9-7-24)18-5-4-15(21)12-16(18)14(2)22-20(27)17-13-19-26(23-17)10-11-28-19/h4-5,12-14H,3,6-11H2,1-2H3,(H,22,27). The highest BCUT2D eigenvalue weighted by molar-refractivity contribution is 5.93. The number of nitrogens with zero attached hydrogens (tertiary/aromatic N) is 4. The molecule has 0 aliphatic carbocycles. The van der Waals surface area contributed by atoms with E-state index in [1.165, 1.54) is 12.1 Å². The molecule has 2 aliphatic heterocycles. The second-order valence-corrected chi connectivity index (χ2v) is 7.26. The SMILES string of the molecule is CCN1CCN(c2ccc(F)cc2C(C)NC(=O)c2cc3n(n2)CCO3)CC1. The van der Waals surface area contributed by atoms with Crippen LogP contribution >= 0.6 is 0 Å². The topological polar surface area (TPSA) is 62.6 Å². The van der Waals surface area contributed by atoms with Gasteiger partial charge in [-0.1, -0.05) is 6.92 Å². The van der Waals surface area contributed by atoms with Gasteiger partial charge in [-0.3, -0.25) is 4.79 Å². The number of piperazine rings is 1. The Morgan fingerprint density at radius 1 is 1.25 bits per heavy atom. The van der Waals surface area contributed by atoms with E-state index in [1.807, 2.05) is 13.0 Å². The third kappa shape index (κ3) is 3.69. The zero-order valence-electron chi connectivity index (χ0n) is 16.3. The number of amides is 1. The van der Waals surface area contributed by atoms with Gasteiger partial charge in [0.05, 0.1) is 12.6 Å². The molecule has 0 bridgehead atoms. The van der Waals surface area contributed by atoms with Crippen LogP contribution in [0.4, 0.5) is 10.1 Å². The Bertz CT molecular complexity index is 839. The lowest BCUT2D eigenvalue weighted by molar-refractivity contribution is 0.0933. The van der Waals surface area contributed by atoms with Gasteiger partial charge in [0.25, 0.3) is 5.91 Å². The lowest BCUT2D eigenvalue weighted by Gasteiger charge is -2.37. The smallest absolute Gasteiger partial charge is 0.272 e. The number of rotatable bonds is 5. The molecule has 1 unspecified atom stereocenters. The normalized spacial score (nSPS) is 17.9. The van der Waals surface area contributed by atoms with Gasteiger partial charge in [0, 0.05) is 43.5 Å². The number of aromatic nitrogens is 2. The summed E-state index contributed by atoms with van der Waals surface area (Å²) < 4.78 is 21.1. The van der Waals surface area contributed by atoms with E-state index >= 15 is 0 Å². The molecule has 1 aromatic carbocycles. The van der Waals surface area contributed by atoms with E-state index in [4.69, 9.17) is 4.74 Å². The van der Waals surface area contributed by atoms with E-state index < -0.39 is 0 Å². The number of fused-ring (bicyclic) bond motifs is 1. The number of carbonyl (C=O) groups excluding carboxylic acids is 1. The molecule has 150 valence electrons. The van der Waals surface area contributed by atoms with Crippen molar-refractivity contribution in [1.29, 1.82) is 0 Å². The number of hydrogen-bond acceptors (Lipinski definition) is 5. The van der Waals surface area contributed by atoms with Gasteiger partial charge in [0.15, 0.2) is 5.69 Å². The maximum absolute atomic E-state index is 14.0. The van der Waals surface area contributed by atoms with Crippen molar-refractivity contribution in [3.63, 3.8) is 0 Å². The Kier molecular flexibility index (Phi) is 5.21. The number of likely N-dealkylation sites (N-methyl/N-ethyl adjacent to an activating group) is 1. The van der Waals surface area contributed by atoms with Crippen molar-refractivity contribution in [2.75, 3.05) is 44.2 Å². The fourth-order valence-corrected chi connectivity index (χ4v) is 3.84. The first-order valence-electron chi connectivity index (χ1n) is 9.83. The Morgan fingerprint density at radius 3 is 2.75 bits per heavy atom. The zero-order chi connectivity index (χ0) is 19.7. The highest BCUT2D eigenvalue weighted by Gasteiger charge is 2.24. The predicted octanol–water partition coefficient (Wildman–Crippen LogP) is 2.05. The van der Waals surface area contributed by atoms with Crippen molar-refractivity contribution in [2.24, 2.45) is 0 Å². The van der Waals surface area contributed by atoms with Crippen LogP contribution in [-0.4, -0.2) is 59.9 Å². The number of anilines is 1. The Labute approximate surface area is 164 Å². The summed E-state index contributed by atoms with van der Waals surface area (Å²) in [7, 11) is 0. The van der Waals surface area contributed by atoms with Gasteiger partial charge < -0.3 is 19.9 Å². The van der Waals surface area contributed by atoms with Crippen molar-refractivity contribution < 1.29 is 13.9 Å². The number of nitrogens with one attached hydrogen (secondary N) is 1. The van der Waals surface area contributed by atoms with Crippen LogP contribution in [0, 0.1) is 5.82 Å².